The highest BCUT2D eigenvalue weighted by Gasteiger charge is 2.17. The minimum absolute atomic E-state index is 0.0717. The van der Waals surface area contributed by atoms with Crippen LogP contribution in [0.3, 0.4) is 0 Å². The Kier molecular flexibility index (Phi) is 6.14. The maximum Gasteiger partial charge on any atom is 0.240 e. The van der Waals surface area contributed by atoms with Crippen LogP contribution in [0.5, 0.6) is 0 Å². The Morgan fingerprint density at radius 3 is 2.27 bits per heavy atom. The van der Waals surface area contributed by atoms with Gasteiger partial charge >= 0.3 is 0 Å². The average Bonchev–Trinajstić information content (AvgIpc) is 2.53. The van der Waals surface area contributed by atoms with Gasteiger partial charge in [0.15, 0.2) is 0 Å². The second kappa shape index (κ2) is 7.87. The molecule has 0 aliphatic rings. The third-order valence-electron chi connectivity index (χ3n) is 3.31. The number of hydrogen-bond acceptors (Lipinski definition) is 3. The van der Waals surface area contributed by atoms with Crippen LogP contribution in [0.15, 0.2) is 64.0 Å². The Bertz CT molecular complexity index is 687. The van der Waals surface area contributed by atoms with E-state index in [1.165, 1.54) is 12.1 Å². The second-order valence-corrected chi connectivity index (χ2v) is 7.73. The van der Waals surface area contributed by atoms with Crippen molar-refractivity contribution in [3.8, 4) is 0 Å². The van der Waals surface area contributed by atoms with Crippen molar-refractivity contribution in [3.63, 3.8) is 0 Å². The van der Waals surface area contributed by atoms with Gasteiger partial charge in [0.25, 0.3) is 0 Å². The van der Waals surface area contributed by atoms with Gasteiger partial charge in [-0.05, 0) is 42.2 Å². The Morgan fingerprint density at radius 2 is 1.68 bits per heavy atom. The summed E-state index contributed by atoms with van der Waals surface area (Å²) in [6, 6.07) is 16.1. The monoisotopic (exact) mass is 383 g/mol. The first kappa shape index (κ1) is 17.1. The zero-order chi connectivity index (χ0) is 16.0. The maximum absolute atomic E-state index is 12.2. The summed E-state index contributed by atoms with van der Waals surface area (Å²) in [6.07, 6.45) is 0.625. The first-order valence-electron chi connectivity index (χ1n) is 6.91. The second-order valence-electron chi connectivity index (χ2n) is 5.04. The zero-order valence-electron chi connectivity index (χ0n) is 11.9. The van der Waals surface area contributed by atoms with Gasteiger partial charge in [-0.25, -0.2) is 13.1 Å². The van der Waals surface area contributed by atoms with E-state index < -0.39 is 10.0 Å². The van der Waals surface area contributed by atoms with Crippen LogP contribution in [0.2, 0.25) is 0 Å². The van der Waals surface area contributed by atoms with Gasteiger partial charge in [-0.3, -0.25) is 0 Å². The van der Waals surface area contributed by atoms with Gasteiger partial charge in [0.2, 0.25) is 10.0 Å². The fourth-order valence-corrected chi connectivity index (χ4v) is 3.45. The van der Waals surface area contributed by atoms with E-state index in [4.69, 9.17) is 0 Å². The third kappa shape index (κ3) is 4.91. The van der Waals surface area contributed by atoms with Crippen molar-refractivity contribution in [2.45, 2.75) is 11.3 Å². The zero-order valence-corrected chi connectivity index (χ0v) is 14.3. The van der Waals surface area contributed by atoms with Crippen molar-refractivity contribution in [1.82, 2.24) is 4.72 Å². The Labute approximate surface area is 139 Å². The van der Waals surface area contributed by atoms with Crippen LogP contribution in [0, 0.1) is 5.92 Å². The van der Waals surface area contributed by atoms with Gasteiger partial charge in [-0.1, -0.05) is 46.3 Å². The summed E-state index contributed by atoms with van der Waals surface area (Å²) in [7, 11) is -3.56. The summed E-state index contributed by atoms with van der Waals surface area (Å²) in [6.45, 7) is 0.127. The molecular formula is C16H18BrNO3S. The fraction of sp³-hybridized carbons (Fsp3) is 0.250. The van der Waals surface area contributed by atoms with Crippen LogP contribution < -0.4 is 4.72 Å². The molecule has 0 saturated heterocycles. The van der Waals surface area contributed by atoms with Gasteiger partial charge in [0.1, 0.15) is 0 Å². The smallest absolute Gasteiger partial charge is 0.240 e. The molecule has 0 bridgehead atoms. The molecule has 0 aliphatic carbocycles. The summed E-state index contributed by atoms with van der Waals surface area (Å²) >= 11 is 3.27. The molecule has 1 atom stereocenters. The van der Waals surface area contributed by atoms with Crippen molar-refractivity contribution >= 4 is 26.0 Å². The first-order chi connectivity index (χ1) is 10.5. The number of aliphatic hydroxyl groups is 1. The van der Waals surface area contributed by atoms with Crippen LogP contribution in [0.4, 0.5) is 0 Å². The van der Waals surface area contributed by atoms with Gasteiger partial charge < -0.3 is 5.11 Å². The largest absolute Gasteiger partial charge is 0.396 e. The SMILES string of the molecule is O=S(=O)(NC[C@H](CO)Cc1ccccc1)c1ccc(Br)cc1. The molecule has 0 aromatic heterocycles. The normalized spacial score (nSPS) is 13.0. The molecule has 0 spiro atoms. The van der Waals surface area contributed by atoms with E-state index in [-0.39, 0.29) is 24.0 Å². The summed E-state index contributed by atoms with van der Waals surface area (Å²) in [4.78, 5) is 0.215. The Morgan fingerprint density at radius 1 is 1.05 bits per heavy atom. The van der Waals surface area contributed by atoms with E-state index in [1.54, 1.807) is 12.1 Å². The van der Waals surface area contributed by atoms with E-state index in [1.807, 2.05) is 30.3 Å². The highest BCUT2D eigenvalue weighted by molar-refractivity contribution is 9.10. The highest BCUT2D eigenvalue weighted by atomic mass is 79.9. The van der Waals surface area contributed by atoms with E-state index >= 15 is 0 Å². The van der Waals surface area contributed by atoms with Crippen molar-refractivity contribution in [2.75, 3.05) is 13.2 Å². The van der Waals surface area contributed by atoms with Gasteiger partial charge in [0.05, 0.1) is 4.90 Å². The van der Waals surface area contributed by atoms with Crippen molar-refractivity contribution in [3.05, 3.63) is 64.6 Å². The lowest BCUT2D eigenvalue weighted by Crippen LogP contribution is -2.31. The summed E-state index contributed by atoms with van der Waals surface area (Å²) in [5.41, 5.74) is 1.07. The standard InChI is InChI=1S/C16H18BrNO3S/c17-15-6-8-16(9-7-15)22(20,21)18-11-14(12-19)10-13-4-2-1-3-5-13/h1-9,14,18-19H,10-12H2/t14-/m1/s1. The lowest BCUT2D eigenvalue weighted by molar-refractivity contribution is 0.227. The number of nitrogens with one attached hydrogen (secondary N) is 1. The molecule has 2 aromatic carbocycles. The fourth-order valence-electron chi connectivity index (χ4n) is 2.07. The average molecular weight is 384 g/mol. The topological polar surface area (TPSA) is 66.4 Å². The van der Waals surface area contributed by atoms with E-state index in [9.17, 15) is 13.5 Å². The summed E-state index contributed by atoms with van der Waals surface area (Å²) in [5.74, 6) is -0.160. The molecule has 0 amide bonds. The number of sulfonamides is 1. The Balaban J connectivity index is 1.99. The predicted molar refractivity (Wildman–Crippen MR) is 90.1 cm³/mol. The van der Waals surface area contributed by atoms with Crippen LogP contribution in [-0.2, 0) is 16.4 Å². The first-order valence-corrected chi connectivity index (χ1v) is 9.19. The molecule has 0 saturated carbocycles. The van der Waals surface area contributed by atoms with E-state index in [2.05, 4.69) is 20.7 Å². The van der Waals surface area contributed by atoms with Gasteiger partial charge in [-0.2, -0.15) is 0 Å². The molecule has 2 aromatic rings. The molecular weight excluding hydrogens is 366 g/mol. The van der Waals surface area contributed by atoms with Crippen LogP contribution in [0.1, 0.15) is 5.56 Å². The quantitative estimate of drug-likeness (QED) is 0.771. The molecule has 118 valence electrons. The van der Waals surface area contributed by atoms with Crippen molar-refractivity contribution in [2.24, 2.45) is 5.92 Å². The van der Waals surface area contributed by atoms with Crippen LogP contribution >= 0.6 is 15.9 Å². The number of benzene rings is 2. The molecule has 0 fully saturated rings. The molecule has 2 rings (SSSR count). The molecule has 2 N–H and O–H groups in total. The molecule has 0 aliphatic heterocycles. The lowest BCUT2D eigenvalue weighted by Gasteiger charge is -2.15. The molecule has 22 heavy (non-hydrogen) atoms. The molecule has 0 unspecified atom stereocenters. The number of rotatable bonds is 7. The minimum Gasteiger partial charge on any atom is -0.396 e. The molecule has 4 nitrogen and oxygen atoms in total. The Hall–Kier alpha value is -1.21. The summed E-state index contributed by atoms with van der Waals surface area (Å²) in [5, 5.41) is 9.45. The lowest BCUT2D eigenvalue weighted by atomic mass is 10.0. The summed E-state index contributed by atoms with van der Waals surface area (Å²) < 4.78 is 27.8. The molecule has 6 heteroatoms. The van der Waals surface area contributed by atoms with Gasteiger partial charge in [0, 0.05) is 17.6 Å². The molecule has 0 radical (unpaired) electrons. The third-order valence-corrected chi connectivity index (χ3v) is 5.28. The number of halogens is 1. The maximum atomic E-state index is 12.2. The van der Waals surface area contributed by atoms with Crippen LogP contribution in [0.25, 0.3) is 0 Å². The van der Waals surface area contributed by atoms with Crippen LogP contribution in [-0.4, -0.2) is 26.7 Å². The highest BCUT2D eigenvalue weighted by Crippen LogP contribution is 2.15. The van der Waals surface area contributed by atoms with E-state index in [0.29, 0.717) is 6.42 Å². The van der Waals surface area contributed by atoms with E-state index in [0.717, 1.165) is 10.0 Å². The molecule has 0 heterocycles. The van der Waals surface area contributed by atoms with Gasteiger partial charge in [-0.15, -0.1) is 0 Å². The van der Waals surface area contributed by atoms with Crippen molar-refractivity contribution in [1.29, 1.82) is 0 Å². The van der Waals surface area contributed by atoms with Crippen molar-refractivity contribution < 1.29 is 13.5 Å². The minimum atomic E-state index is -3.56. The number of aliphatic hydroxyl groups excluding tert-OH is 1. The number of hydrogen-bond donors (Lipinski definition) is 2. The predicted octanol–water partition coefficient (Wildman–Crippen LogP) is 2.58.